The van der Waals surface area contributed by atoms with Crippen molar-refractivity contribution in [2.75, 3.05) is 18.1 Å². The highest BCUT2D eigenvalue weighted by Gasteiger charge is 2.16. The SMILES string of the molecule is CC(C)(C)OC(=O)CCCSSc1ccccn1.CC(C)(C)OC(=O)NCCS. The minimum absolute atomic E-state index is 0.120. The molecule has 0 aliphatic carbocycles. The van der Waals surface area contributed by atoms with Gasteiger partial charge >= 0.3 is 12.1 Å². The first-order valence-electron chi connectivity index (χ1n) is 9.43. The van der Waals surface area contributed by atoms with Gasteiger partial charge in [0.2, 0.25) is 0 Å². The van der Waals surface area contributed by atoms with Crippen LogP contribution in [-0.4, -0.2) is 46.3 Å². The number of hydrogen-bond donors (Lipinski definition) is 2. The van der Waals surface area contributed by atoms with Crippen LogP contribution in [0.25, 0.3) is 0 Å². The summed E-state index contributed by atoms with van der Waals surface area (Å²) in [5, 5.41) is 3.55. The molecule has 166 valence electrons. The van der Waals surface area contributed by atoms with E-state index in [1.165, 1.54) is 0 Å². The summed E-state index contributed by atoms with van der Waals surface area (Å²) in [6.07, 6.45) is 2.71. The Bertz CT molecular complexity index is 588. The average Bonchev–Trinajstić information content (AvgIpc) is 2.58. The van der Waals surface area contributed by atoms with Gasteiger partial charge in [0.05, 0.1) is 0 Å². The number of thiol groups is 1. The third-order valence-corrected chi connectivity index (χ3v) is 5.17. The molecule has 0 aliphatic rings. The first-order valence-corrected chi connectivity index (χ1v) is 12.4. The van der Waals surface area contributed by atoms with Gasteiger partial charge in [-0.1, -0.05) is 16.9 Å². The molecule has 1 aromatic rings. The van der Waals surface area contributed by atoms with Crippen LogP contribution in [0, 0.1) is 0 Å². The van der Waals surface area contributed by atoms with E-state index in [9.17, 15) is 9.59 Å². The quantitative estimate of drug-likeness (QED) is 0.232. The first kappa shape index (κ1) is 27.9. The normalized spacial score (nSPS) is 11.1. The van der Waals surface area contributed by atoms with Gasteiger partial charge in [-0.15, -0.1) is 0 Å². The van der Waals surface area contributed by atoms with Crippen LogP contribution in [0.5, 0.6) is 0 Å². The summed E-state index contributed by atoms with van der Waals surface area (Å²) in [7, 11) is 3.35. The van der Waals surface area contributed by atoms with Crippen molar-refractivity contribution >= 4 is 46.3 Å². The molecule has 0 saturated carbocycles. The van der Waals surface area contributed by atoms with Crippen molar-refractivity contribution in [1.82, 2.24) is 10.3 Å². The zero-order chi connectivity index (χ0) is 22.3. The van der Waals surface area contributed by atoms with Crippen LogP contribution in [0.4, 0.5) is 4.79 Å². The molecule has 0 fully saturated rings. The fourth-order valence-electron chi connectivity index (χ4n) is 1.64. The van der Waals surface area contributed by atoms with Gasteiger partial charge in [-0.25, -0.2) is 9.78 Å². The van der Waals surface area contributed by atoms with Crippen molar-refractivity contribution < 1.29 is 19.1 Å². The van der Waals surface area contributed by atoms with E-state index in [0.717, 1.165) is 17.2 Å². The maximum atomic E-state index is 11.4. The molecule has 1 aromatic heterocycles. The Labute approximate surface area is 188 Å². The number of pyridine rings is 1. The lowest BCUT2D eigenvalue weighted by Gasteiger charge is -2.19. The monoisotopic (exact) mass is 462 g/mol. The number of ether oxygens (including phenoxy) is 2. The predicted octanol–water partition coefficient (Wildman–Crippen LogP) is 5.38. The lowest BCUT2D eigenvalue weighted by molar-refractivity contribution is -0.154. The zero-order valence-corrected chi connectivity index (χ0v) is 20.7. The van der Waals surface area contributed by atoms with Crippen molar-refractivity contribution in [3.8, 4) is 0 Å². The summed E-state index contributed by atoms with van der Waals surface area (Å²) in [6.45, 7) is 11.7. The van der Waals surface area contributed by atoms with Crippen molar-refractivity contribution in [3.63, 3.8) is 0 Å². The number of carbonyl (C=O) groups excluding carboxylic acids is 2. The molecule has 1 rings (SSSR count). The fourth-order valence-corrected chi connectivity index (χ4v) is 3.72. The minimum Gasteiger partial charge on any atom is -0.460 e. The van der Waals surface area contributed by atoms with Crippen LogP contribution >= 0.6 is 34.2 Å². The van der Waals surface area contributed by atoms with Gasteiger partial charge in [-0.2, -0.15) is 12.6 Å². The standard InChI is InChI=1S/C13H19NO2S2.C7H15NO2S/c1-13(2,3)16-12(15)8-6-10-17-18-11-7-4-5-9-14-11;1-7(2,3)10-6(9)8-4-5-11/h4-5,7,9H,6,8,10H2,1-3H3;11H,4-5H2,1-3H3,(H,8,9). The average molecular weight is 463 g/mol. The van der Waals surface area contributed by atoms with Gasteiger partial charge in [0.1, 0.15) is 16.2 Å². The topological polar surface area (TPSA) is 77.5 Å². The van der Waals surface area contributed by atoms with Crippen LogP contribution in [-0.2, 0) is 14.3 Å². The number of amides is 1. The molecule has 0 spiro atoms. The summed E-state index contributed by atoms with van der Waals surface area (Å²) in [4.78, 5) is 26.5. The molecular weight excluding hydrogens is 428 g/mol. The molecule has 6 nitrogen and oxygen atoms in total. The van der Waals surface area contributed by atoms with E-state index < -0.39 is 5.60 Å². The number of esters is 1. The number of aromatic nitrogens is 1. The molecule has 0 aliphatic heterocycles. The lowest BCUT2D eigenvalue weighted by atomic mass is 10.2. The Kier molecular flexibility index (Phi) is 14.3. The zero-order valence-electron chi connectivity index (χ0n) is 18.2. The van der Waals surface area contributed by atoms with Gasteiger partial charge < -0.3 is 14.8 Å². The Morgan fingerprint density at radius 1 is 1.10 bits per heavy atom. The summed E-state index contributed by atoms with van der Waals surface area (Å²) < 4.78 is 10.2. The van der Waals surface area contributed by atoms with Crippen molar-refractivity contribution in [2.24, 2.45) is 0 Å². The Hall–Kier alpha value is -1.06. The van der Waals surface area contributed by atoms with E-state index >= 15 is 0 Å². The van der Waals surface area contributed by atoms with Crippen molar-refractivity contribution in [1.29, 1.82) is 0 Å². The largest absolute Gasteiger partial charge is 0.460 e. The first-order chi connectivity index (χ1) is 13.4. The molecule has 0 unspecified atom stereocenters. The maximum Gasteiger partial charge on any atom is 0.407 e. The minimum atomic E-state index is -0.416. The molecule has 1 heterocycles. The Balaban J connectivity index is 0.000000614. The highest BCUT2D eigenvalue weighted by Crippen LogP contribution is 2.29. The summed E-state index contributed by atoms with van der Waals surface area (Å²) >= 11 is 3.94. The van der Waals surface area contributed by atoms with Gasteiger partial charge in [0.15, 0.2) is 0 Å². The third-order valence-electron chi connectivity index (χ3n) is 2.59. The molecule has 0 bridgehead atoms. The number of nitrogens with one attached hydrogen (secondary N) is 1. The molecule has 1 amide bonds. The number of carbonyl (C=O) groups is 2. The smallest absolute Gasteiger partial charge is 0.407 e. The Morgan fingerprint density at radius 2 is 1.76 bits per heavy atom. The third kappa shape index (κ3) is 20.0. The van der Waals surface area contributed by atoms with E-state index in [-0.39, 0.29) is 17.7 Å². The maximum absolute atomic E-state index is 11.4. The predicted molar refractivity (Wildman–Crippen MR) is 126 cm³/mol. The highest BCUT2D eigenvalue weighted by molar-refractivity contribution is 8.76. The van der Waals surface area contributed by atoms with Gasteiger partial charge in [-0.3, -0.25) is 4.79 Å². The van der Waals surface area contributed by atoms with Crippen molar-refractivity contribution in [3.05, 3.63) is 24.4 Å². The van der Waals surface area contributed by atoms with Gasteiger partial charge in [0, 0.05) is 30.7 Å². The van der Waals surface area contributed by atoms with Gasteiger partial charge in [-0.05, 0) is 70.9 Å². The van der Waals surface area contributed by atoms with Crippen molar-refractivity contribution in [2.45, 2.75) is 70.6 Å². The number of hydrogen-bond acceptors (Lipinski definition) is 8. The molecule has 1 N–H and O–H groups in total. The van der Waals surface area contributed by atoms with E-state index in [2.05, 4.69) is 22.9 Å². The second kappa shape index (κ2) is 14.8. The molecule has 0 saturated heterocycles. The molecule has 0 atom stereocenters. The van der Waals surface area contributed by atoms with E-state index in [0.29, 0.717) is 18.7 Å². The highest BCUT2D eigenvalue weighted by atomic mass is 33.1. The van der Waals surface area contributed by atoms with E-state index in [1.54, 1.807) is 27.8 Å². The van der Waals surface area contributed by atoms with E-state index in [1.807, 2.05) is 59.7 Å². The summed E-state index contributed by atoms with van der Waals surface area (Å²) in [6, 6.07) is 5.85. The second-order valence-electron chi connectivity index (χ2n) is 7.92. The molecular formula is C20H34N2O4S3. The number of alkyl carbamates (subject to hydrolysis) is 1. The Morgan fingerprint density at radius 3 is 2.28 bits per heavy atom. The van der Waals surface area contributed by atoms with E-state index in [4.69, 9.17) is 9.47 Å². The molecule has 0 aromatic carbocycles. The van der Waals surface area contributed by atoms with Gasteiger partial charge in [0.25, 0.3) is 0 Å². The summed E-state index contributed by atoms with van der Waals surface area (Å²) in [5.74, 6) is 1.42. The number of nitrogens with zero attached hydrogens (tertiary/aromatic N) is 1. The van der Waals surface area contributed by atoms with Crippen LogP contribution in [0.15, 0.2) is 29.4 Å². The van der Waals surface area contributed by atoms with Crippen LogP contribution in [0.1, 0.15) is 54.4 Å². The van der Waals surface area contributed by atoms with Crippen LogP contribution in [0.2, 0.25) is 0 Å². The molecule has 29 heavy (non-hydrogen) atoms. The summed E-state index contributed by atoms with van der Waals surface area (Å²) in [5.41, 5.74) is -0.798. The molecule has 0 radical (unpaired) electrons. The van der Waals surface area contributed by atoms with Crippen LogP contribution in [0.3, 0.4) is 0 Å². The molecule has 9 heteroatoms. The second-order valence-corrected chi connectivity index (χ2v) is 10.8. The fraction of sp³-hybridized carbons (Fsp3) is 0.650. The van der Waals surface area contributed by atoms with Crippen LogP contribution < -0.4 is 5.32 Å². The lowest BCUT2D eigenvalue weighted by Crippen LogP contribution is -2.33. The number of rotatable bonds is 8.